The SMILES string of the molecule is CC(Cl)CC(C)NC(=O)c1cncn1C. The molecule has 0 saturated carbocycles. The average Bonchev–Trinajstić information content (AvgIpc) is 2.49. The quantitative estimate of drug-likeness (QED) is 0.797. The van der Waals surface area contributed by atoms with E-state index < -0.39 is 0 Å². The second-order valence-corrected chi connectivity index (χ2v) is 4.53. The summed E-state index contributed by atoms with van der Waals surface area (Å²) >= 11 is 5.84. The molecule has 1 amide bonds. The van der Waals surface area contributed by atoms with Crippen molar-refractivity contribution in [3.05, 3.63) is 18.2 Å². The molecule has 1 aromatic heterocycles. The largest absolute Gasteiger partial charge is 0.348 e. The first kappa shape index (κ1) is 12.0. The van der Waals surface area contributed by atoms with Gasteiger partial charge in [-0.1, -0.05) is 0 Å². The van der Waals surface area contributed by atoms with Crippen LogP contribution in [0.3, 0.4) is 0 Å². The van der Waals surface area contributed by atoms with E-state index in [1.165, 1.54) is 0 Å². The van der Waals surface area contributed by atoms with Crippen LogP contribution in [0, 0.1) is 0 Å². The molecule has 0 aliphatic carbocycles. The summed E-state index contributed by atoms with van der Waals surface area (Å²) in [6.07, 6.45) is 3.90. The Morgan fingerprint density at radius 1 is 1.67 bits per heavy atom. The molecule has 1 N–H and O–H groups in total. The van der Waals surface area contributed by atoms with E-state index in [2.05, 4.69) is 10.3 Å². The maximum absolute atomic E-state index is 11.7. The summed E-state index contributed by atoms with van der Waals surface area (Å²) in [5, 5.41) is 2.93. The molecule has 0 aromatic carbocycles. The highest BCUT2D eigenvalue weighted by Gasteiger charge is 2.13. The fourth-order valence-corrected chi connectivity index (χ4v) is 1.69. The lowest BCUT2D eigenvalue weighted by Gasteiger charge is -2.14. The van der Waals surface area contributed by atoms with Crippen molar-refractivity contribution in [1.82, 2.24) is 14.9 Å². The zero-order valence-electron chi connectivity index (χ0n) is 9.20. The van der Waals surface area contributed by atoms with E-state index in [1.54, 1.807) is 24.1 Å². The van der Waals surface area contributed by atoms with Crippen molar-refractivity contribution in [2.75, 3.05) is 0 Å². The van der Waals surface area contributed by atoms with Crippen molar-refractivity contribution >= 4 is 17.5 Å². The van der Waals surface area contributed by atoms with E-state index >= 15 is 0 Å². The van der Waals surface area contributed by atoms with Gasteiger partial charge in [-0.05, 0) is 20.3 Å². The molecule has 5 heteroatoms. The highest BCUT2D eigenvalue weighted by molar-refractivity contribution is 6.20. The first-order valence-corrected chi connectivity index (χ1v) is 5.35. The Morgan fingerprint density at radius 3 is 2.80 bits per heavy atom. The standard InChI is InChI=1S/C10H16ClN3O/c1-7(11)4-8(2)13-10(15)9-5-12-6-14(9)3/h5-8H,4H2,1-3H3,(H,13,15). The van der Waals surface area contributed by atoms with Gasteiger partial charge >= 0.3 is 0 Å². The Balaban J connectivity index is 2.53. The lowest BCUT2D eigenvalue weighted by atomic mass is 10.2. The van der Waals surface area contributed by atoms with Gasteiger partial charge in [0.2, 0.25) is 0 Å². The number of halogens is 1. The summed E-state index contributed by atoms with van der Waals surface area (Å²) in [7, 11) is 1.79. The summed E-state index contributed by atoms with van der Waals surface area (Å²) < 4.78 is 1.69. The van der Waals surface area contributed by atoms with Gasteiger partial charge in [0.05, 0.1) is 12.5 Å². The monoisotopic (exact) mass is 229 g/mol. The summed E-state index contributed by atoms with van der Waals surface area (Å²) in [6, 6.07) is 0.0694. The number of rotatable bonds is 4. The van der Waals surface area contributed by atoms with Crippen LogP contribution in [0.1, 0.15) is 30.8 Å². The van der Waals surface area contributed by atoms with Gasteiger partial charge in [0.1, 0.15) is 5.69 Å². The van der Waals surface area contributed by atoms with Gasteiger partial charge < -0.3 is 9.88 Å². The third kappa shape index (κ3) is 3.55. The molecule has 0 radical (unpaired) electrons. The van der Waals surface area contributed by atoms with Gasteiger partial charge in [0, 0.05) is 18.5 Å². The Morgan fingerprint density at radius 2 is 2.33 bits per heavy atom. The van der Waals surface area contributed by atoms with Crippen LogP contribution in [-0.2, 0) is 7.05 Å². The lowest BCUT2D eigenvalue weighted by Crippen LogP contribution is -2.34. The molecule has 2 atom stereocenters. The maximum atomic E-state index is 11.7. The number of carbonyl (C=O) groups is 1. The van der Waals surface area contributed by atoms with Crippen LogP contribution in [0.15, 0.2) is 12.5 Å². The number of hydrogen-bond acceptors (Lipinski definition) is 2. The predicted molar refractivity (Wildman–Crippen MR) is 60.1 cm³/mol. The Bertz CT molecular complexity index is 335. The number of aryl methyl sites for hydroxylation is 1. The Hall–Kier alpha value is -1.03. The predicted octanol–water partition coefficient (Wildman–Crippen LogP) is 1.56. The van der Waals surface area contributed by atoms with Crippen LogP contribution < -0.4 is 5.32 Å². The van der Waals surface area contributed by atoms with Crippen molar-refractivity contribution in [1.29, 1.82) is 0 Å². The molecule has 84 valence electrons. The number of imidazole rings is 1. The van der Waals surface area contributed by atoms with Crippen LogP contribution >= 0.6 is 11.6 Å². The maximum Gasteiger partial charge on any atom is 0.269 e. The summed E-state index contributed by atoms with van der Waals surface area (Å²) in [5.41, 5.74) is 0.559. The first-order chi connectivity index (χ1) is 7.00. The van der Waals surface area contributed by atoms with E-state index in [-0.39, 0.29) is 17.3 Å². The fourth-order valence-electron chi connectivity index (χ4n) is 1.42. The van der Waals surface area contributed by atoms with Crippen LogP contribution in [0.2, 0.25) is 0 Å². The number of nitrogens with one attached hydrogen (secondary N) is 1. The second kappa shape index (κ2) is 5.16. The highest BCUT2D eigenvalue weighted by Crippen LogP contribution is 2.05. The normalized spacial score (nSPS) is 14.7. The second-order valence-electron chi connectivity index (χ2n) is 3.78. The van der Waals surface area contributed by atoms with Crippen molar-refractivity contribution in [2.24, 2.45) is 7.05 Å². The fraction of sp³-hybridized carbons (Fsp3) is 0.600. The zero-order valence-corrected chi connectivity index (χ0v) is 9.95. The van der Waals surface area contributed by atoms with Crippen LogP contribution in [0.5, 0.6) is 0 Å². The third-order valence-corrected chi connectivity index (χ3v) is 2.28. The van der Waals surface area contributed by atoms with Gasteiger partial charge in [-0.2, -0.15) is 0 Å². The molecular formula is C10H16ClN3O. The van der Waals surface area contributed by atoms with E-state index in [4.69, 9.17) is 11.6 Å². The molecule has 1 heterocycles. The molecule has 2 unspecified atom stereocenters. The molecule has 15 heavy (non-hydrogen) atoms. The highest BCUT2D eigenvalue weighted by atomic mass is 35.5. The van der Waals surface area contributed by atoms with E-state index in [1.807, 2.05) is 13.8 Å². The molecule has 1 rings (SSSR count). The zero-order chi connectivity index (χ0) is 11.4. The number of aromatic nitrogens is 2. The van der Waals surface area contributed by atoms with Crippen LogP contribution in [-0.4, -0.2) is 26.9 Å². The van der Waals surface area contributed by atoms with Crippen molar-refractivity contribution < 1.29 is 4.79 Å². The van der Waals surface area contributed by atoms with Crippen LogP contribution in [0.4, 0.5) is 0 Å². The van der Waals surface area contributed by atoms with Crippen molar-refractivity contribution in [3.8, 4) is 0 Å². The summed E-state index contributed by atoms with van der Waals surface area (Å²) in [5.74, 6) is -0.111. The van der Waals surface area contributed by atoms with E-state index in [0.717, 1.165) is 6.42 Å². The van der Waals surface area contributed by atoms with Gasteiger partial charge in [0.15, 0.2) is 0 Å². The molecule has 0 saturated heterocycles. The summed E-state index contributed by atoms with van der Waals surface area (Å²) in [6.45, 7) is 3.85. The molecule has 4 nitrogen and oxygen atoms in total. The van der Waals surface area contributed by atoms with Crippen molar-refractivity contribution in [3.63, 3.8) is 0 Å². The molecule has 0 fully saturated rings. The number of nitrogens with zero attached hydrogens (tertiary/aromatic N) is 2. The van der Waals surface area contributed by atoms with Gasteiger partial charge in [-0.3, -0.25) is 4.79 Å². The smallest absolute Gasteiger partial charge is 0.269 e. The number of amides is 1. The number of carbonyl (C=O) groups excluding carboxylic acids is 1. The minimum Gasteiger partial charge on any atom is -0.348 e. The molecule has 1 aromatic rings. The molecule has 0 aliphatic rings. The van der Waals surface area contributed by atoms with Gasteiger partial charge in [-0.25, -0.2) is 4.98 Å². The molecular weight excluding hydrogens is 214 g/mol. The lowest BCUT2D eigenvalue weighted by molar-refractivity contribution is 0.0930. The number of hydrogen-bond donors (Lipinski definition) is 1. The van der Waals surface area contributed by atoms with Gasteiger partial charge in [-0.15, -0.1) is 11.6 Å². The van der Waals surface area contributed by atoms with Crippen molar-refractivity contribution in [2.45, 2.75) is 31.7 Å². The minimum absolute atomic E-state index is 0.0619. The summed E-state index contributed by atoms with van der Waals surface area (Å²) in [4.78, 5) is 15.6. The van der Waals surface area contributed by atoms with Gasteiger partial charge in [0.25, 0.3) is 5.91 Å². The average molecular weight is 230 g/mol. The Labute approximate surface area is 94.6 Å². The Kier molecular flexibility index (Phi) is 4.15. The number of alkyl halides is 1. The molecule has 0 bridgehead atoms. The topological polar surface area (TPSA) is 46.9 Å². The third-order valence-electron chi connectivity index (χ3n) is 2.11. The van der Waals surface area contributed by atoms with E-state index in [0.29, 0.717) is 5.69 Å². The minimum atomic E-state index is -0.111. The first-order valence-electron chi connectivity index (χ1n) is 4.92. The van der Waals surface area contributed by atoms with E-state index in [9.17, 15) is 4.79 Å². The van der Waals surface area contributed by atoms with Crippen LogP contribution in [0.25, 0.3) is 0 Å². The molecule has 0 aliphatic heterocycles. The molecule has 0 spiro atoms.